The molecule has 1 heterocycles. The van der Waals surface area contributed by atoms with Crippen LogP contribution in [0.4, 0.5) is 4.39 Å². The molecule has 0 fully saturated rings. The first kappa shape index (κ1) is 21.6. The van der Waals surface area contributed by atoms with Crippen molar-refractivity contribution in [2.75, 3.05) is 6.54 Å². The number of amides is 1. The number of nitrogens with zero attached hydrogens (tertiary/aromatic N) is 2. The van der Waals surface area contributed by atoms with Crippen molar-refractivity contribution >= 4 is 17.4 Å². The highest BCUT2D eigenvalue weighted by atomic mass is 32.1. The molecule has 0 atom stereocenters. The Hall–Kier alpha value is -3.58. The number of hydrogen-bond donors (Lipinski definition) is 1. The standard InChI is InChI=1S/C25H22FN3O2S/c26-21-10-6-19(7-11-21)16-23-28-25(32-29-23)31-22-12-8-20(9-13-22)17-24(30)27-15-14-18-4-2-1-3-5-18/h1-13H,14-17H2,(H,27,30). The van der Waals surface area contributed by atoms with Crippen LogP contribution in [0.1, 0.15) is 22.5 Å². The van der Waals surface area contributed by atoms with Crippen LogP contribution in [0.15, 0.2) is 78.9 Å². The lowest BCUT2D eigenvalue weighted by Crippen LogP contribution is -2.27. The average molecular weight is 448 g/mol. The van der Waals surface area contributed by atoms with Gasteiger partial charge in [-0.15, -0.1) is 0 Å². The van der Waals surface area contributed by atoms with Crippen molar-refractivity contribution < 1.29 is 13.9 Å². The molecule has 0 saturated carbocycles. The largest absolute Gasteiger partial charge is 0.430 e. The van der Waals surface area contributed by atoms with E-state index in [9.17, 15) is 9.18 Å². The second kappa shape index (κ2) is 10.6. The van der Waals surface area contributed by atoms with Crippen LogP contribution in [0, 0.1) is 5.82 Å². The molecule has 5 nitrogen and oxygen atoms in total. The van der Waals surface area contributed by atoms with Crippen LogP contribution in [0.25, 0.3) is 0 Å². The van der Waals surface area contributed by atoms with E-state index in [0.29, 0.717) is 36.2 Å². The Morgan fingerprint density at radius 2 is 1.62 bits per heavy atom. The first-order chi connectivity index (χ1) is 15.6. The predicted molar refractivity (Wildman–Crippen MR) is 122 cm³/mol. The fourth-order valence-electron chi connectivity index (χ4n) is 3.15. The Labute approximate surface area is 190 Å². The number of carbonyl (C=O) groups is 1. The zero-order valence-corrected chi connectivity index (χ0v) is 18.1. The van der Waals surface area contributed by atoms with Crippen molar-refractivity contribution in [2.24, 2.45) is 0 Å². The minimum absolute atomic E-state index is 0.0100. The molecule has 1 aromatic heterocycles. The van der Waals surface area contributed by atoms with E-state index >= 15 is 0 Å². The molecule has 3 aromatic carbocycles. The minimum atomic E-state index is -0.267. The van der Waals surface area contributed by atoms with Crippen molar-refractivity contribution in [1.82, 2.24) is 14.7 Å². The third kappa shape index (κ3) is 6.46. The SMILES string of the molecule is O=C(Cc1ccc(Oc2nc(Cc3ccc(F)cc3)ns2)cc1)NCCc1ccccc1. The maximum Gasteiger partial charge on any atom is 0.298 e. The second-order valence-corrected chi connectivity index (χ2v) is 8.00. The van der Waals surface area contributed by atoms with Gasteiger partial charge in [0.1, 0.15) is 11.6 Å². The molecular formula is C25H22FN3O2S. The molecule has 162 valence electrons. The van der Waals surface area contributed by atoms with Gasteiger partial charge in [0.05, 0.1) is 6.42 Å². The van der Waals surface area contributed by atoms with E-state index in [1.165, 1.54) is 29.2 Å². The summed E-state index contributed by atoms with van der Waals surface area (Å²) in [6, 6.07) is 23.7. The van der Waals surface area contributed by atoms with Gasteiger partial charge in [-0.05, 0) is 47.4 Å². The molecule has 1 N–H and O–H groups in total. The van der Waals surface area contributed by atoms with E-state index in [-0.39, 0.29) is 11.7 Å². The Kier molecular flexibility index (Phi) is 7.19. The molecule has 0 aliphatic rings. The highest BCUT2D eigenvalue weighted by molar-refractivity contribution is 7.07. The third-order valence-corrected chi connectivity index (χ3v) is 5.43. The third-order valence-electron chi connectivity index (χ3n) is 4.80. The van der Waals surface area contributed by atoms with Crippen LogP contribution in [0.5, 0.6) is 10.9 Å². The first-order valence-electron chi connectivity index (χ1n) is 10.3. The molecular weight excluding hydrogens is 425 g/mol. The first-order valence-corrected chi connectivity index (χ1v) is 11.1. The number of ether oxygens (including phenoxy) is 1. The average Bonchev–Trinajstić information content (AvgIpc) is 3.24. The smallest absolute Gasteiger partial charge is 0.298 e. The fourth-order valence-corrected chi connectivity index (χ4v) is 3.72. The van der Waals surface area contributed by atoms with E-state index in [2.05, 4.69) is 26.8 Å². The van der Waals surface area contributed by atoms with Gasteiger partial charge in [-0.25, -0.2) is 4.39 Å². The Balaban J connectivity index is 1.24. The summed E-state index contributed by atoms with van der Waals surface area (Å²) >= 11 is 1.17. The van der Waals surface area contributed by atoms with Gasteiger partial charge in [-0.1, -0.05) is 54.6 Å². The van der Waals surface area contributed by atoms with Gasteiger partial charge < -0.3 is 10.1 Å². The zero-order chi connectivity index (χ0) is 22.2. The van der Waals surface area contributed by atoms with Crippen molar-refractivity contribution in [3.05, 3.63) is 107 Å². The molecule has 32 heavy (non-hydrogen) atoms. The maximum atomic E-state index is 13.0. The summed E-state index contributed by atoms with van der Waals surface area (Å²) in [6.45, 7) is 0.612. The van der Waals surface area contributed by atoms with Gasteiger partial charge in [0.25, 0.3) is 5.19 Å². The summed E-state index contributed by atoms with van der Waals surface area (Å²) in [5.74, 6) is 0.976. The number of benzene rings is 3. The van der Waals surface area contributed by atoms with Crippen LogP contribution in [-0.2, 0) is 24.1 Å². The lowest BCUT2D eigenvalue weighted by molar-refractivity contribution is -0.120. The summed E-state index contributed by atoms with van der Waals surface area (Å²) in [6.07, 6.45) is 1.64. The number of halogens is 1. The molecule has 0 aliphatic carbocycles. The molecule has 0 bridgehead atoms. The summed E-state index contributed by atoms with van der Waals surface area (Å²) < 4.78 is 23.1. The quantitative estimate of drug-likeness (QED) is 0.394. The second-order valence-electron chi connectivity index (χ2n) is 7.29. The monoisotopic (exact) mass is 447 g/mol. The lowest BCUT2D eigenvalue weighted by atomic mass is 10.1. The highest BCUT2D eigenvalue weighted by Gasteiger charge is 2.09. The number of aromatic nitrogens is 2. The molecule has 4 aromatic rings. The predicted octanol–water partition coefficient (Wildman–Crippen LogP) is 4.96. The van der Waals surface area contributed by atoms with Crippen LogP contribution in [-0.4, -0.2) is 21.8 Å². The Morgan fingerprint density at radius 1 is 0.906 bits per heavy atom. The number of rotatable bonds is 9. The molecule has 7 heteroatoms. The van der Waals surface area contributed by atoms with Gasteiger partial charge in [-0.3, -0.25) is 4.79 Å². The molecule has 0 spiro atoms. The van der Waals surface area contributed by atoms with Crippen molar-refractivity contribution in [2.45, 2.75) is 19.3 Å². The number of nitrogens with one attached hydrogen (secondary N) is 1. The summed E-state index contributed by atoms with van der Waals surface area (Å²) in [4.78, 5) is 16.6. The molecule has 0 saturated heterocycles. The van der Waals surface area contributed by atoms with Crippen LogP contribution >= 0.6 is 11.5 Å². The fraction of sp³-hybridized carbons (Fsp3) is 0.160. The Bertz CT molecular complexity index is 1150. The highest BCUT2D eigenvalue weighted by Crippen LogP contribution is 2.24. The van der Waals surface area contributed by atoms with Gasteiger partial charge in [-0.2, -0.15) is 9.36 Å². The van der Waals surface area contributed by atoms with E-state index < -0.39 is 0 Å². The van der Waals surface area contributed by atoms with Gasteiger partial charge >= 0.3 is 0 Å². The molecule has 1 amide bonds. The number of carbonyl (C=O) groups excluding carboxylic acids is 1. The summed E-state index contributed by atoms with van der Waals surface area (Å²) in [5.41, 5.74) is 3.04. The van der Waals surface area contributed by atoms with Gasteiger partial charge in [0, 0.05) is 24.5 Å². The number of hydrogen-bond acceptors (Lipinski definition) is 5. The van der Waals surface area contributed by atoms with E-state index in [0.717, 1.165) is 17.5 Å². The van der Waals surface area contributed by atoms with Gasteiger partial charge in [0.15, 0.2) is 5.82 Å². The summed E-state index contributed by atoms with van der Waals surface area (Å²) in [5, 5.41) is 3.39. The maximum absolute atomic E-state index is 13.0. The summed E-state index contributed by atoms with van der Waals surface area (Å²) in [7, 11) is 0. The topological polar surface area (TPSA) is 64.1 Å². The molecule has 4 rings (SSSR count). The van der Waals surface area contributed by atoms with E-state index in [4.69, 9.17) is 4.74 Å². The van der Waals surface area contributed by atoms with Crippen molar-refractivity contribution in [3.63, 3.8) is 0 Å². The Morgan fingerprint density at radius 3 is 2.38 bits per heavy atom. The van der Waals surface area contributed by atoms with Crippen LogP contribution in [0.3, 0.4) is 0 Å². The van der Waals surface area contributed by atoms with Gasteiger partial charge in [0.2, 0.25) is 5.91 Å². The zero-order valence-electron chi connectivity index (χ0n) is 17.3. The molecule has 0 unspecified atom stereocenters. The van der Waals surface area contributed by atoms with E-state index in [1.54, 1.807) is 12.1 Å². The van der Waals surface area contributed by atoms with Crippen LogP contribution < -0.4 is 10.1 Å². The van der Waals surface area contributed by atoms with Crippen molar-refractivity contribution in [1.29, 1.82) is 0 Å². The molecule has 0 radical (unpaired) electrons. The van der Waals surface area contributed by atoms with Crippen LogP contribution in [0.2, 0.25) is 0 Å². The van der Waals surface area contributed by atoms with E-state index in [1.807, 2.05) is 42.5 Å². The normalized spacial score (nSPS) is 10.7. The minimum Gasteiger partial charge on any atom is -0.430 e. The van der Waals surface area contributed by atoms with Crippen molar-refractivity contribution in [3.8, 4) is 10.9 Å². The lowest BCUT2D eigenvalue weighted by Gasteiger charge is -2.06. The molecule has 0 aliphatic heterocycles.